The number of hydrogen-bond acceptors (Lipinski definition) is 3. The number of benzene rings is 3. The molecule has 0 aromatic heterocycles. The molecule has 2 N–H and O–H groups in total. The van der Waals surface area contributed by atoms with Crippen LogP contribution in [0.5, 0.6) is 0 Å². The second-order valence-corrected chi connectivity index (χ2v) is 6.23. The average Bonchev–Trinajstić information content (AvgIpc) is 2.67. The predicted octanol–water partition coefficient (Wildman–Crippen LogP) is 5.45. The number of amides is 1. The lowest BCUT2D eigenvalue weighted by molar-refractivity contribution is 0.0697. The van der Waals surface area contributed by atoms with Gasteiger partial charge in [-0.1, -0.05) is 54.1 Å². The molecule has 0 bridgehead atoms. The van der Waals surface area contributed by atoms with Crippen molar-refractivity contribution in [2.75, 3.05) is 5.32 Å². The van der Waals surface area contributed by atoms with Crippen LogP contribution in [0.4, 0.5) is 10.5 Å². The smallest absolute Gasteiger partial charge is 0.411 e. The Kier molecular flexibility index (Phi) is 5.74. The molecule has 6 heteroatoms. The molecule has 1 amide bonds. The number of hydrogen-bond donors (Lipinski definition) is 2. The summed E-state index contributed by atoms with van der Waals surface area (Å²) < 4.78 is 5.17. The summed E-state index contributed by atoms with van der Waals surface area (Å²) in [7, 11) is 0. The van der Waals surface area contributed by atoms with E-state index < -0.39 is 12.1 Å². The summed E-state index contributed by atoms with van der Waals surface area (Å²) >= 11 is 5.99. The quantitative estimate of drug-likeness (QED) is 0.615. The van der Waals surface area contributed by atoms with Gasteiger partial charge in [-0.2, -0.15) is 0 Å². The van der Waals surface area contributed by atoms with Gasteiger partial charge in [0.25, 0.3) is 0 Å². The number of nitrogens with one attached hydrogen (secondary N) is 1. The molecular formula is C21H16ClNO4. The van der Waals surface area contributed by atoms with Crippen LogP contribution in [-0.4, -0.2) is 17.2 Å². The van der Waals surface area contributed by atoms with Crippen LogP contribution in [0.25, 0.3) is 11.1 Å². The highest BCUT2D eigenvalue weighted by Gasteiger charge is 2.09. The number of carboxylic acids is 1. The largest absolute Gasteiger partial charge is 0.478 e. The summed E-state index contributed by atoms with van der Waals surface area (Å²) in [6, 6.07) is 21.0. The van der Waals surface area contributed by atoms with Crippen molar-refractivity contribution in [2.24, 2.45) is 0 Å². The van der Waals surface area contributed by atoms with Gasteiger partial charge in [-0.3, -0.25) is 5.32 Å². The molecule has 0 unspecified atom stereocenters. The Labute approximate surface area is 161 Å². The molecular weight excluding hydrogens is 366 g/mol. The fraction of sp³-hybridized carbons (Fsp3) is 0.0476. The summed E-state index contributed by atoms with van der Waals surface area (Å²) in [5, 5.41) is 12.1. The minimum absolute atomic E-state index is 0.115. The number of carboxylic acid groups (broad SMARTS) is 1. The lowest BCUT2D eigenvalue weighted by Gasteiger charge is -2.09. The lowest BCUT2D eigenvalue weighted by atomic mass is 10.0. The molecule has 0 atom stereocenters. The molecule has 0 aliphatic carbocycles. The first-order valence-corrected chi connectivity index (χ1v) is 8.51. The lowest BCUT2D eigenvalue weighted by Crippen LogP contribution is -2.13. The van der Waals surface area contributed by atoms with E-state index in [9.17, 15) is 9.59 Å². The predicted molar refractivity (Wildman–Crippen MR) is 104 cm³/mol. The fourth-order valence-corrected chi connectivity index (χ4v) is 2.74. The Morgan fingerprint density at radius 1 is 0.926 bits per heavy atom. The Hall–Kier alpha value is -3.31. The van der Waals surface area contributed by atoms with E-state index in [2.05, 4.69) is 5.32 Å². The molecule has 0 aliphatic heterocycles. The summed E-state index contributed by atoms with van der Waals surface area (Å²) in [5.74, 6) is -1.04. The first kappa shape index (κ1) is 18.5. The van der Waals surface area contributed by atoms with Crippen molar-refractivity contribution in [1.82, 2.24) is 0 Å². The van der Waals surface area contributed by atoms with Gasteiger partial charge in [-0.05, 0) is 47.0 Å². The fourth-order valence-electron chi connectivity index (χ4n) is 2.50. The van der Waals surface area contributed by atoms with Gasteiger partial charge in [-0.15, -0.1) is 0 Å². The van der Waals surface area contributed by atoms with Crippen molar-refractivity contribution < 1.29 is 19.4 Å². The molecule has 0 heterocycles. The second kappa shape index (κ2) is 8.38. The molecule has 3 aromatic carbocycles. The highest BCUT2D eigenvalue weighted by atomic mass is 35.5. The Balaban J connectivity index is 1.65. The number of carbonyl (C=O) groups excluding carboxylic acids is 1. The zero-order valence-corrected chi connectivity index (χ0v) is 14.9. The minimum Gasteiger partial charge on any atom is -0.478 e. The van der Waals surface area contributed by atoms with Crippen LogP contribution in [0, 0.1) is 0 Å². The number of rotatable bonds is 5. The Morgan fingerprint density at radius 2 is 1.63 bits per heavy atom. The molecule has 0 saturated carbocycles. The van der Waals surface area contributed by atoms with E-state index in [4.69, 9.17) is 21.4 Å². The zero-order valence-electron chi connectivity index (χ0n) is 14.2. The van der Waals surface area contributed by atoms with Crippen molar-refractivity contribution in [3.05, 3.63) is 88.9 Å². The van der Waals surface area contributed by atoms with Crippen LogP contribution in [0.3, 0.4) is 0 Å². The topological polar surface area (TPSA) is 75.6 Å². The van der Waals surface area contributed by atoms with Crippen LogP contribution in [0.2, 0.25) is 5.02 Å². The number of aromatic carboxylic acids is 1. The van der Waals surface area contributed by atoms with Crippen LogP contribution < -0.4 is 5.32 Å². The highest BCUT2D eigenvalue weighted by Crippen LogP contribution is 2.26. The summed E-state index contributed by atoms with van der Waals surface area (Å²) in [6.07, 6.45) is -0.553. The standard InChI is InChI=1S/C21H16ClNO4/c22-18-11-16(10-17(12-18)20(24)25)15-6-8-19(9-7-15)23-21(26)27-13-14-4-2-1-3-5-14/h1-12H,13H2,(H,23,26)(H,24,25). The first-order valence-electron chi connectivity index (χ1n) is 8.13. The van der Waals surface area contributed by atoms with Crippen molar-refractivity contribution in [2.45, 2.75) is 6.61 Å². The maximum absolute atomic E-state index is 11.9. The van der Waals surface area contributed by atoms with Crippen LogP contribution >= 0.6 is 11.6 Å². The molecule has 0 fully saturated rings. The molecule has 5 nitrogen and oxygen atoms in total. The zero-order chi connectivity index (χ0) is 19.2. The van der Waals surface area contributed by atoms with E-state index in [0.29, 0.717) is 16.3 Å². The monoisotopic (exact) mass is 381 g/mol. The van der Waals surface area contributed by atoms with Gasteiger partial charge in [0.15, 0.2) is 0 Å². The summed E-state index contributed by atoms with van der Waals surface area (Å²) in [5.41, 5.74) is 3.04. The van der Waals surface area contributed by atoms with E-state index in [1.54, 1.807) is 36.4 Å². The Bertz CT molecular complexity index is 956. The highest BCUT2D eigenvalue weighted by molar-refractivity contribution is 6.31. The van der Waals surface area contributed by atoms with E-state index in [1.165, 1.54) is 6.07 Å². The SMILES string of the molecule is O=C(Nc1ccc(-c2cc(Cl)cc(C(=O)O)c2)cc1)OCc1ccccc1. The van der Waals surface area contributed by atoms with E-state index in [0.717, 1.165) is 11.1 Å². The van der Waals surface area contributed by atoms with Gasteiger partial charge in [0, 0.05) is 10.7 Å². The van der Waals surface area contributed by atoms with Crippen LogP contribution in [0.1, 0.15) is 15.9 Å². The van der Waals surface area contributed by atoms with Gasteiger partial charge in [-0.25, -0.2) is 9.59 Å². The molecule has 3 aromatic rings. The first-order chi connectivity index (χ1) is 13.0. The van der Waals surface area contributed by atoms with Gasteiger partial charge < -0.3 is 9.84 Å². The molecule has 3 rings (SSSR count). The van der Waals surface area contributed by atoms with Crippen molar-refractivity contribution in [3.63, 3.8) is 0 Å². The van der Waals surface area contributed by atoms with Gasteiger partial charge in [0.2, 0.25) is 0 Å². The van der Waals surface area contributed by atoms with Crippen LogP contribution in [0.15, 0.2) is 72.8 Å². The number of carbonyl (C=O) groups is 2. The average molecular weight is 382 g/mol. The molecule has 0 radical (unpaired) electrons. The second-order valence-electron chi connectivity index (χ2n) is 5.80. The van der Waals surface area contributed by atoms with Gasteiger partial charge >= 0.3 is 12.1 Å². The summed E-state index contributed by atoms with van der Waals surface area (Å²) in [6.45, 7) is 0.186. The van der Waals surface area contributed by atoms with E-state index in [1.807, 2.05) is 30.3 Å². The maximum atomic E-state index is 11.9. The van der Waals surface area contributed by atoms with Crippen molar-refractivity contribution in [3.8, 4) is 11.1 Å². The third kappa shape index (κ3) is 5.09. The molecule has 0 aliphatic rings. The molecule has 136 valence electrons. The third-order valence-corrected chi connectivity index (χ3v) is 4.04. The molecule has 27 heavy (non-hydrogen) atoms. The van der Waals surface area contributed by atoms with Crippen molar-refractivity contribution >= 4 is 29.4 Å². The normalized spacial score (nSPS) is 10.3. The minimum atomic E-state index is -1.04. The molecule has 0 saturated heterocycles. The Morgan fingerprint density at radius 3 is 2.30 bits per heavy atom. The van der Waals surface area contributed by atoms with Gasteiger partial charge in [0.1, 0.15) is 6.61 Å². The van der Waals surface area contributed by atoms with E-state index >= 15 is 0 Å². The van der Waals surface area contributed by atoms with Crippen molar-refractivity contribution in [1.29, 1.82) is 0 Å². The summed E-state index contributed by atoms with van der Waals surface area (Å²) in [4.78, 5) is 23.0. The number of halogens is 1. The van der Waals surface area contributed by atoms with Crippen LogP contribution in [-0.2, 0) is 11.3 Å². The van der Waals surface area contributed by atoms with Gasteiger partial charge in [0.05, 0.1) is 5.56 Å². The van der Waals surface area contributed by atoms with E-state index in [-0.39, 0.29) is 12.2 Å². The molecule has 0 spiro atoms. The number of anilines is 1. The number of ether oxygens (including phenoxy) is 1. The maximum Gasteiger partial charge on any atom is 0.411 e. The third-order valence-electron chi connectivity index (χ3n) is 3.82.